The molecule has 1 N–H and O–H groups in total. The Balaban J connectivity index is 1.89. The lowest BCUT2D eigenvalue weighted by atomic mass is 9.85. The van der Waals surface area contributed by atoms with Crippen LogP contribution in [-0.4, -0.2) is 26.3 Å². The zero-order valence-corrected chi connectivity index (χ0v) is 14.0. The largest absolute Gasteiger partial charge is 0.381 e. The summed E-state index contributed by atoms with van der Waals surface area (Å²) < 4.78 is 6.63. The molecule has 20 heavy (non-hydrogen) atoms. The molecule has 1 aliphatic rings. The lowest BCUT2D eigenvalue weighted by Gasteiger charge is -2.27. The summed E-state index contributed by atoms with van der Waals surface area (Å²) in [6, 6.07) is 8.78. The first kappa shape index (κ1) is 16.0. The highest BCUT2D eigenvalue weighted by atomic mass is 79.9. The molecule has 1 aromatic carbocycles. The number of benzene rings is 1. The van der Waals surface area contributed by atoms with Crippen LogP contribution in [-0.2, 0) is 11.2 Å². The van der Waals surface area contributed by atoms with Crippen molar-refractivity contribution in [2.45, 2.75) is 32.6 Å². The maximum absolute atomic E-state index is 5.47. The van der Waals surface area contributed by atoms with E-state index in [1.165, 1.54) is 31.2 Å². The lowest BCUT2D eigenvalue weighted by Crippen LogP contribution is -2.27. The monoisotopic (exact) mass is 339 g/mol. The Kier molecular flexibility index (Phi) is 7.05. The topological polar surface area (TPSA) is 21.3 Å². The fraction of sp³-hybridized carbons (Fsp3) is 0.647. The first-order valence-electron chi connectivity index (χ1n) is 7.80. The van der Waals surface area contributed by atoms with Crippen molar-refractivity contribution in [1.29, 1.82) is 0 Å². The SMILES string of the molecule is CCNCC(Cc1ccc(Br)cc1)CC1CCOCC1. The highest BCUT2D eigenvalue weighted by Crippen LogP contribution is 2.25. The molecule has 0 amide bonds. The number of nitrogens with one attached hydrogen (secondary N) is 1. The van der Waals surface area contributed by atoms with Gasteiger partial charge in [-0.2, -0.15) is 0 Å². The van der Waals surface area contributed by atoms with Crippen molar-refractivity contribution in [2.75, 3.05) is 26.3 Å². The first-order valence-corrected chi connectivity index (χ1v) is 8.60. The number of hydrogen-bond donors (Lipinski definition) is 1. The Morgan fingerprint density at radius 3 is 2.60 bits per heavy atom. The van der Waals surface area contributed by atoms with Gasteiger partial charge < -0.3 is 10.1 Å². The average Bonchev–Trinajstić information content (AvgIpc) is 2.48. The molecule has 1 heterocycles. The van der Waals surface area contributed by atoms with Crippen LogP contribution in [0.25, 0.3) is 0 Å². The molecule has 1 aliphatic heterocycles. The second-order valence-corrected chi connectivity index (χ2v) is 6.71. The molecule has 0 spiro atoms. The molecule has 0 radical (unpaired) electrons. The van der Waals surface area contributed by atoms with Crippen molar-refractivity contribution in [3.63, 3.8) is 0 Å². The van der Waals surface area contributed by atoms with Crippen LogP contribution in [0.5, 0.6) is 0 Å². The molecular weight excluding hydrogens is 314 g/mol. The second kappa shape index (κ2) is 8.81. The highest BCUT2D eigenvalue weighted by Gasteiger charge is 2.19. The Bertz CT molecular complexity index is 373. The van der Waals surface area contributed by atoms with Crippen LogP contribution in [0.15, 0.2) is 28.7 Å². The van der Waals surface area contributed by atoms with Crippen LogP contribution in [0.3, 0.4) is 0 Å². The van der Waals surface area contributed by atoms with Gasteiger partial charge in [-0.3, -0.25) is 0 Å². The maximum atomic E-state index is 5.47. The van der Waals surface area contributed by atoms with E-state index in [4.69, 9.17) is 4.74 Å². The van der Waals surface area contributed by atoms with E-state index in [-0.39, 0.29) is 0 Å². The molecule has 112 valence electrons. The maximum Gasteiger partial charge on any atom is 0.0468 e. The summed E-state index contributed by atoms with van der Waals surface area (Å²) in [5.41, 5.74) is 1.45. The molecule has 3 heteroatoms. The van der Waals surface area contributed by atoms with Gasteiger partial charge >= 0.3 is 0 Å². The third kappa shape index (κ3) is 5.55. The fourth-order valence-electron chi connectivity index (χ4n) is 2.99. The van der Waals surface area contributed by atoms with E-state index in [2.05, 4.69) is 52.4 Å². The van der Waals surface area contributed by atoms with E-state index >= 15 is 0 Å². The van der Waals surface area contributed by atoms with Gasteiger partial charge in [0.15, 0.2) is 0 Å². The van der Waals surface area contributed by atoms with Crippen molar-refractivity contribution in [2.24, 2.45) is 11.8 Å². The molecule has 0 aromatic heterocycles. The molecular formula is C17H26BrNO. The van der Waals surface area contributed by atoms with Crippen molar-refractivity contribution in [3.8, 4) is 0 Å². The van der Waals surface area contributed by atoms with Gasteiger partial charge in [0.25, 0.3) is 0 Å². The van der Waals surface area contributed by atoms with Crippen LogP contribution in [0.4, 0.5) is 0 Å². The molecule has 0 aliphatic carbocycles. The molecule has 1 saturated heterocycles. The standard InChI is InChI=1S/C17H26BrNO/c1-2-19-13-16(12-15-7-9-20-10-8-15)11-14-3-5-17(18)6-4-14/h3-6,15-16,19H,2,7-13H2,1H3. The van der Waals surface area contributed by atoms with Gasteiger partial charge in [-0.05, 0) is 68.3 Å². The summed E-state index contributed by atoms with van der Waals surface area (Å²) in [4.78, 5) is 0. The highest BCUT2D eigenvalue weighted by molar-refractivity contribution is 9.10. The van der Waals surface area contributed by atoms with Crippen LogP contribution in [0, 0.1) is 11.8 Å². The third-order valence-corrected chi connectivity index (χ3v) is 4.66. The smallest absolute Gasteiger partial charge is 0.0468 e. The molecule has 1 atom stereocenters. The van der Waals surface area contributed by atoms with E-state index < -0.39 is 0 Å². The summed E-state index contributed by atoms with van der Waals surface area (Å²) in [5.74, 6) is 1.59. The van der Waals surface area contributed by atoms with Gasteiger partial charge in [-0.15, -0.1) is 0 Å². The number of ether oxygens (including phenoxy) is 1. The fourth-order valence-corrected chi connectivity index (χ4v) is 3.26. The number of rotatable bonds is 7. The lowest BCUT2D eigenvalue weighted by molar-refractivity contribution is 0.0585. The van der Waals surface area contributed by atoms with Gasteiger partial charge in [-0.25, -0.2) is 0 Å². The zero-order valence-electron chi connectivity index (χ0n) is 12.4. The Morgan fingerprint density at radius 2 is 1.95 bits per heavy atom. The Morgan fingerprint density at radius 1 is 1.25 bits per heavy atom. The van der Waals surface area contributed by atoms with Crippen LogP contribution >= 0.6 is 15.9 Å². The molecule has 0 saturated carbocycles. The normalized spacial score (nSPS) is 18.1. The molecule has 2 nitrogen and oxygen atoms in total. The van der Waals surface area contributed by atoms with E-state index in [0.29, 0.717) is 0 Å². The van der Waals surface area contributed by atoms with E-state index in [9.17, 15) is 0 Å². The predicted molar refractivity (Wildman–Crippen MR) is 88.0 cm³/mol. The quantitative estimate of drug-likeness (QED) is 0.809. The van der Waals surface area contributed by atoms with Gasteiger partial charge in [-0.1, -0.05) is 35.0 Å². The molecule has 2 rings (SSSR count). The zero-order chi connectivity index (χ0) is 14.2. The number of halogens is 1. The molecule has 1 unspecified atom stereocenters. The molecule has 1 fully saturated rings. The predicted octanol–water partition coefficient (Wildman–Crippen LogP) is 4.03. The van der Waals surface area contributed by atoms with Crippen molar-refractivity contribution in [3.05, 3.63) is 34.3 Å². The summed E-state index contributed by atoms with van der Waals surface area (Å²) in [7, 11) is 0. The number of hydrogen-bond acceptors (Lipinski definition) is 2. The van der Waals surface area contributed by atoms with E-state index in [1.807, 2.05) is 0 Å². The third-order valence-electron chi connectivity index (χ3n) is 4.13. The van der Waals surface area contributed by atoms with E-state index in [0.717, 1.165) is 42.6 Å². The van der Waals surface area contributed by atoms with Gasteiger partial charge in [0.1, 0.15) is 0 Å². The van der Waals surface area contributed by atoms with Gasteiger partial charge in [0, 0.05) is 17.7 Å². The minimum absolute atomic E-state index is 0.735. The van der Waals surface area contributed by atoms with Crippen LogP contribution in [0.2, 0.25) is 0 Å². The van der Waals surface area contributed by atoms with Crippen molar-refractivity contribution >= 4 is 15.9 Å². The summed E-state index contributed by atoms with van der Waals surface area (Å²) in [5, 5.41) is 3.53. The van der Waals surface area contributed by atoms with Gasteiger partial charge in [0.05, 0.1) is 0 Å². The minimum Gasteiger partial charge on any atom is -0.381 e. The molecule has 1 aromatic rings. The van der Waals surface area contributed by atoms with Crippen molar-refractivity contribution in [1.82, 2.24) is 5.32 Å². The van der Waals surface area contributed by atoms with E-state index in [1.54, 1.807) is 0 Å². The first-order chi connectivity index (χ1) is 9.78. The second-order valence-electron chi connectivity index (χ2n) is 5.80. The minimum atomic E-state index is 0.735. The average molecular weight is 340 g/mol. The Labute approximate surface area is 131 Å². The Hall–Kier alpha value is -0.380. The van der Waals surface area contributed by atoms with Crippen molar-refractivity contribution < 1.29 is 4.74 Å². The van der Waals surface area contributed by atoms with Crippen LogP contribution < -0.4 is 5.32 Å². The summed E-state index contributed by atoms with van der Waals surface area (Å²) >= 11 is 3.51. The van der Waals surface area contributed by atoms with Crippen LogP contribution in [0.1, 0.15) is 31.7 Å². The molecule has 0 bridgehead atoms. The van der Waals surface area contributed by atoms with Gasteiger partial charge in [0.2, 0.25) is 0 Å². The summed E-state index contributed by atoms with van der Waals surface area (Å²) in [6.45, 7) is 6.29. The summed E-state index contributed by atoms with van der Waals surface area (Å²) in [6.07, 6.45) is 4.98.